The second kappa shape index (κ2) is 5.96. The molecule has 0 aromatic carbocycles. The van der Waals surface area contributed by atoms with Crippen molar-refractivity contribution < 1.29 is 13.2 Å². The van der Waals surface area contributed by atoms with Crippen LogP contribution in [-0.2, 0) is 14.8 Å². The average Bonchev–Trinajstić information content (AvgIpc) is 2.79. The molecule has 0 radical (unpaired) electrons. The molecule has 0 fully saturated rings. The molecule has 0 aliphatic carbocycles. The van der Waals surface area contributed by atoms with Gasteiger partial charge >= 0.3 is 0 Å². The molecule has 1 aromatic rings. The number of sulfonamides is 1. The van der Waals surface area contributed by atoms with Gasteiger partial charge in [-0.1, -0.05) is 13.8 Å². The molecule has 0 aliphatic heterocycles. The molecule has 3 N–H and O–H groups in total. The Kier molecular flexibility index (Phi) is 4.85. The van der Waals surface area contributed by atoms with Gasteiger partial charge in [0.1, 0.15) is 0 Å². The maximum Gasteiger partial charge on any atom is 0.258 e. The van der Waals surface area contributed by atoms with Crippen molar-refractivity contribution in [3.05, 3.63) is 12.3 Å². The van der Waals surface area contributed by atoms with E-state index in [9.17, 15) is 13.2 Å². The summed E-state index contributed by atoms with van der Waals surface area (Å²) in [7, 11) is -3.73. The zero-order valence-corrected chi connectivity index (χ0v) is 11.4. The summed E-state index contributed by atoms with van der Waals surface area (Å²) in [5.74, 6) is -0.0443. The molecule has 18 heavy (non-hydrogen) atoms. The quantitative estimate of drug-likeness (QED) is 0.671. The number of carbonyl (C=O) groups is 1. The van der Waals surface area contributed by atoms with Crippen molar-refractivity contribution in [3.8, 4) is 0 Å². The third-order valence-electron chi connectivity index (χ3n) is 2.17. The fourth-order valence-electron chi connectivity index (χ4n) is 1.20. The first-order valence-corrected chi connectivity index (χ1v) is 7.10. The van der Waals surface area contributed by atoms with Gasteiger partial charge in [-0.3, -0.25) is 9.89 Å². The summed E-state index contributed by atoms with van der Waals surface area (Å²) in [5, 5.41) is 8.49. The highest BCUT2D eigenvalue weighted by atomic mass is 32.2. The van der Waals surface area contributed by atoms with Gasteiger partial charge in [0.25, 0.3) is 10.0 Å². The van der Waals surface area contributed by atoms with Crippen LogP contribution in [0, 0.1) is 5.92 Å². The Labute approximate surface area is 106 Å². The van der Waals surface area contributed by atoms with Crippen LogP contribution < -0.4 is 10.0 Å². The average molecular weight is 274 g/mol. The van der Waals surface area contributed by atoms with Crippen molar-refractivity contribution in [1.82, 2.24) is 20.2 Å². The van der Waals surface area contributed by atoms with E-state index in [1.54, 1.807) is 0 Å². The Balaban J connectivity index is 2.59. The van der Waals surface area contributed by atoms with Crippen LogP contribution in [0.5, 0.6) is 0 Å². The van der Waals surface area contributed by atoms with Crippen molar-refractivity contribution in [2.45, 2.75) is 31.8 Å². The Morgan fingerprint density at radius 1 is 1.44 bits per heavy atom. The largest absolute Gasteiger partial charge is 0.354 e. The number of hydrogen-bond acceptors (Lipinski definition) is 4. The predicted molar refractivity (Wildman–Crippen MR) is 66.2 cm³/mol. The minimum absolute atomic E-state index is 0.0639. The fraction of sp³-hybridized carbons (Fsp3) is 0.600. The van der Waals surface area contributed by atoms with Gasteiger partial charge in [0.15, 0.2) is 5.03 Å². The smallest absolute Gasteiger partial charge is 0.258 e. The van der Waals surface area contributed by atoms with E-state index in [0.717, 1.165) is 0 Å². The molecular formula is C10H18N4O3S. The zero-order valence-electron chi connectivity index (χ0n) is 10.6. The number of amides is 1. The van der Waals surface area contributed by atoms with Crippen LogP contribution in [-0.4, -0.2) is 37.1 Å². The number of aromatic amines is 1. The molecule has 0 bridgehead atoms. The fourth-order valence-corrected chi connectivity index (χ4v) is 2.31. The third-order valence-corrected chi connectivity index (χ3v) is 3.64. The van der Waals surface area contributed by atoms with Gasteiger partial charge in [0.2, 0.25) is 5.91 Å². The van der Waals surface area contributed by atoms with E-state index in [4.69, 9.17) is 0 Å². The maximum absolute atomic E-state index is 11.8. The third kappa shape index (κ3) is 4.11. The summed E-state index contributed by atoms with van der Waals surface area (Å²) in [6.45, 7) is 5.91. The molecular weight excluding hydrogens is 256 g/mol. The first kappa shape index (κ1) is 14.7. The molecule has 1 aromatic heterocycles. The van der Waals surface area contributed by atoms with E-state index in [1.807, 2.05) is 13.8 Å². The lowest BCUT2D eigenvalue weighted by Crippen LogP contribution is -2.45. The number of hydrogen-bond donors (Lipinski definition) is 3. The van der Waals surface area contributed by atoms with E-state index in [-0.39, 0.29) is 10.9 Å². The number of nitrogens with zero attached hydrogens (tertiary/aromatic N) is 1. The summed E-state index contributed by atoms with van der Waals surface area (Å²) >= 11 is 0. The molecule has 1 atom stereocenters. The number of H-pyrrole nitrogens is 1. The molecule has 0 saturated carbocycles. The molecule has 7 nitrogen and oxygen atoms in total. The minimum Gasteiger partial charge on any atom is -0.354 e. The van der Waals surface area contributed by atoms with Gasteiger partial charge in [0.05, 0.1) is 12.2 Å². The first-order valence-electron chi connectivity index (χ1n) is 5.62. The molecule has 0 saturated heterocycles. The Morgan fingerprint density at radius 2 is 2.11 bits per heavy atom. The van der Waals surface area contributed by atoms with Crippen LogP contribution in [0.15, 0.2) is 17.3 Å². The van der Waals surface area contributed by atoms with Crippen LogP contribution in [0.25, 0.3) is 0 Å². The van der Waals surface area contributed by atoms with Crippen LogP contribution in [0.2, 0.25) is 0 Å². The standard InChI is InChI=1S/C10H18N4O3S/c1-7(2)6-11-10(15)8(3)14-18(16,17)9-4-5-12-13-9/h4-5,7-8,14H,6H2,1-3H3,(H,11,15)(H,12,13). The second-order valence-corrected chi connectivity index (χ2v) is 6.09. The number of aromatic nitrogens is 2. The highest BCUT2D eigenvalue weighted by Crippen LogP contribution is 2.03. The van der Waals surface area contributed by atoms with Crippen molar-refractivity contribution >= 4 is 15.9 Å². The summed E-state index contributed by atoms with van der Waals surface area (Å²) in [4.78, 5) is 11.6. The van der Waals surface area contributed by atoms with Gasteiger partial charge < -0.3 is 5.32 Å². The van der Waals surface area contributed by atoms with Crippen LogP contribution in [0.4, 0.5) is 0 Å². The number of rotatable bonds is 6. The van der Waals surface area contributed by atoms with Crippen LogP contribution in [0.3, 0.4) is 0 Å². The van der Waals surface area contributed by atoms with Crippen molar-refractivity contribution in [2.75, 3.05) is 6.54 Å². The molecule has 1 rings (SSSR count). The molecule has 0 aliphatic rings. The van der Waals surface area contributed by atoms with E-state index < -0.39 is 16.1 Å². The number of nitrogens with one attached hydrogen (secondary N) is 3. The van der Waals surface area contributed by atoms with Gasteiger partial charge in [-0.15, -0.1) is 0 Å². The topological polar surface area (TPSA) is 104 Å². The van der Waals surface area contributed by atoms with Gasteiger partial charge in [-0.05, 0) is 18.9 Å². The normalized spacial score (nSPS) is 13.6. The van der Waals surface area contributed by atoms with Gasteiger partial charge in [-0.25, -0.2) is 8.42 Å². The second-order valence-electron chi connectivity index (χ2n) is 4.40. The van der Waals surface area contributed by atoms with Crippen molar-refractivity contribution in [1.29, 1.82) is 0 Å². The highest BCUT2D eigenvalue weighted by molar-refractivity contribution is 7.89. The lowest BCUT2D eigenvalue weighted by molar-refractivity contribution is -0.122. The molecule has 1 unspecified atom stereocenters. The summed E-state index contributed by atoms with van der Waals surface area (Å²) < 4.78 is 25.8. The Hall–Kier alpha value is -1.41. The lowest BCUT2D eigenvalue weighted by Gasteiger charge is -2.14. The highest BCUT2D eigenvalue weighted by Gasteiger charge is 2.22. The van der Waals surface area contributed by atoms with Gasteiger partial charge in [-0.2, -0.15) is 9.82 Å². The van der Waals surface area contributed by atoms with Crippen molar-refractivity contribution in [2.24, 2.45) is 5.92 Å². The van der Waals surface area contributed by atoms with E-state index in [1.165, 1.54) is 19.2 Å². The van der Waals surface area contributed by atoms with E-state index in [0.29, 0.717) is 12.5 Å². The Morgan fingerprint density at radius 3 is 2.61 bits per heavy atom. The predicted octanol–water partition coefficient (Wildman–Crippen LogP) is -0.151. The number of carbonyl (C=O) groups excluding carboxylic acids is 1. The Bertz CT molecular complexity index is 481. The molecule has 1 heterocycles. The first-order chi connectivity index (χ1) is 8.33. The molecule has 1 amide bonds. The molecule has 0 spiro atoms. The monoisotopic (exact) mass is 274 g/mol. The van der Waals surface area contributed by atoms with Crippen LogP contribution >= 0.6 is 0 Å². The summed E-state index contributed by atoms with van der Waals surface area (Å²) in [5.41, 5.74) is 0. The minimum atomic E-state index is -3.73. The maximum atomic E-state index is 11.8. The van der Waals surface area contributed by atoms with Crippen molar-refractivity contribution in [3.63, 3.8) is 0 Å². The van der Waals surface area contributed by atoms with E-state index >= 15 is 0 Å². The van der Waals surface area contributed by atoms with E-state index in [2.05, 4.69) is 20.2 Å². The lowest BCUT2D eigenvalue weighted by atomic mass is 10.2. The zero-order chi connectivity index (χ0) is 13.8. The van der Waals surface area contributed by atoms with Gasteiger partial charge in [0, 0.05) is 6.54 Å². The molecule has 102 valence electrons. The van der Waals surface area contributed by atoms with Crippen LogP contribution in [0.1, 0.15) is 20.8 Å². The SMILES string of the molecule is CC(C)CNC(=O)C(C)NS(=O)(=O)c1ccn[nH]1. The summed E-state index contributed by atoms with van der Waals surface area (Å²) in [6.07, 6.45) is 1.33. The molecule has 8 heteroatoms. The summed E-state index contributed by atoms with van der Waals surface area (Å²) in [6, 6.07) is 0.484.